The van der Waals surface area contributed by atoms with Gasteiger partial charge in [-0.1, -0.05) is 18.2 Å². The number of hydrogen-bond acceptors (Lipinski definition) is 9. The minimum atomic E-state index is -3.19. The second kappa shape index (κ2) is 13.0. The molecule has 1 aromatic rings. The second-order valence-electron chi connectivity index (χ2n) is 11.8. The van der Waals surface area contributed by atoms with E-state index < -0.39 is 34.2 Å². The van der Waals surface area contributed by atoms with Crippen molar-refractivity contribution >= 4 is 45.4 Å². The van der Waals surface area contributed by atoms with Crippen LogP contribution in [0.2, 0.25) is 0 Å². The molecule has 3 saturated heterocycles. The summed E-state index contributed by atoms with van der Waals surface area (Å²) in [6.45, 7) is 6.83. The number of β-amino-alcohol motifs (C(OH)–C–C–N with tert-alkyl or cyclic N) is 1. The fourth-order valence-electron chi connectivity index (χ4n) is 5.40. The first-order chi connectivity index (χ1) is 18.4. The number of ether oxygens (including phenoxy) is 1. The van der Waals surface area contributed by atoms with Crippen LogP contribution in [0.15, 0.2) is 35.2 Å². The molecule has 9 nitrogen and oxygen atoms in total. The monoisotopic (exact) mass is 599 g/mol. The number of aliphatic hydroxyl groups excluding tert-OH is 1. The SMILES string of the molecule is CC(C)(C)NC(=O)C1C[C@@H]2SCC[C@@H]2CN1C[C@@H](O)[C@H](CSc1ccccc1)NC(=O)O[C@@H]1CCS(=O)(=O)C1. The second-order valence-corrected chi connectivity index (χ2v) is 16.4. The Labute approximate surface area is 240 Å². The average molecular weight is 600 g/mol. The van der Waals surface area contributed by atoms with Gasteiger partial charge in [0, 0.05) is 34.5 Å². The van der Waals surface area contributed by atoms with E-state index in [4.69, 9.17) is 4.74 Å². The fourth-order valence-corrected chi connectivity index (χ4v) is 9.57. The maximum Gasteiger partial charge on any atom is 0.407 e. The summed E-state index contributed by atoms with van der Waals surface area (Å²) in [6, 6.07) is 8.69. The van der Waals surface area contributed by atoms with Gasteiger partial charge in [0.25, 0.3) is 0 Å². The number of amides is 2. The maximum absolute atomic E-state index is 13.3. The molecule has 2 amide bonds. The molecule has 39 heavy (non-hydrogen) atoms. The molecule has 3 N–H and O–H groups in total. The van der Waals surface area contributed by atoms with Gasteiger partial charge in [-0.15, -0.1) is 11.8 Å². The van der Waals surface area contributed by atoms with Crippen LogP contribution in [0.5, 0.6) is 0 Å². The third-order valence-electron chi connectivity index (χ3n) is 7.34. The Morgan fingerprint density at radius 2 is 1.97 bits per heavy atom. The van der Waals surface area contributed by atoms with Crippen LogP contribution in [-0.4, -0.2) is 102 Å². The van der Waals surface area contributed by atoms with Gasteiger partial charge in [-0.3, -0.25) is 9.69 Å². The van der Waals surface area contributed by atoms with E-state index in [0.29, 0.717) is 16.9 Å². The van der Waals surface area contributed by atoms with E-state index in [0.717, 1.165) is 30.0 Å². The zero-order valence-corrected chi connectivity index (χ0v) is 25.3. The molecule has 3 aliphatic heterocycles. The third kappa shape index (κ3) is 9.01. The van der Waals surface area contributed by atoms with Crippen LogP contribution in [0, 0.1) is 5.92 Å². The van der Waals surface area contributed by atoms with Gasteiger partial charge in [0.2, 0.25) is 5.91 Å². The predicted molar refractivity (Wildman–Crippen MR) is 156 cm³/mol. The Morgan fingerprint density at radius 3 is 2.64 bits per heavy atom. The third-order valence-corrected chi connectivity index (χ3v) is 11.7. The molecule has 3 heterocycles. The molecule has 0 aromatic heterocycles. The van der Waals surface area contributed by atoms with Crippen molar-refractivity contribution in [2.75, 3.05) is 36.1 Å². The summed E-state index contributed by atoms with van der Waals surface area (Å²) in [6.07, 6.45) is -0.268. The Hall–Kier alpha value is -1.47. The number of nitrogens with zero attached hydrogens (tertiary/aromatic N) is 1. The van der Waals surface area contributed by atoms with Crippen LogP contribution < -0.4 is 10.6 Å². The normalized spacial score (nSPS) is 28.3. The van der Waals surface area contributed by atoms with Crippen LogP contribution in [0.4, 0.5) is 4.79 Å². The highest BCUT2D eigenvalue weighted by Crippen LogP contribution is 2.40. The lowest BCUT2D eigenvalue weighted by Gasteiger charge is -2.43. The molecule has 218 valence electrons. The molecule has 6 atom stereocenters. The van der Waals surface area contributed by atoms with Crippen molar-refractivity contribution in [3.63, 3.8) is 0 Å². The average Bonchev–Trinajstić information content (AvgIpc) is 3.45. The zero-order valence-electron chi connectivity index (χ0n) is 22.9. The lowest BCUT2D eigenvalue weighted by atomic mass is 9.89. The molecular formula is C27H41N3O6S3. The number of likely N-dealkylation sites (tertiary alicyclic amines) is 1. The molecule has 4 rings (SSSR count). The van der Waals surface area contributed by atoms with Crippen molar-refractivity contribution in [3.05, 3.63) is 30.3 Å². The van der Waals surface area contributed by atoms with Crippen molar-refractivity contribution in [2.24, 2.45) is 5.92 Å². The van der Waals surface area contributed by atoms with Crippen molar-refractivity contribution < 1.29 is 27.9 Å². The molecule has 1 aromatic carbocycles. The minimum absolute atomic E-state index is 0.00822. The van der Waals surface area contributed by atoms with E-state index >= 15 is 0 Å². The number of carbonyl (C=O) groups is 2. The highest BCUT2D eigenvalue weighted by molar-refractivity contribution is 8.00. The van der Waals surface area contributed by atoms with E-state index in [1.54, 1.807) is 0 Å². The smallest absolute Gasteiger partial charge is 0.407 e. The highest BCUT2D eigenvalue weighted by atomic mass is 32.2. The summed E-state index contributed by atoms with van der Waals surface area (Å²) >= 11 is 3.44. The Kier molecular flexibility index (Phi) is 10.2. The van der Waals surface area contributed by atoms with Gasteiger partial charge in [-0.25, -0.2) is 13.2 Å². The molecule has 0 bridgehead atoms. The molecular weight excluding hydrogens is 559 g/mol. The van der Waals surface area contributed by atoms with Gasteiger partial charge >= 0.3 is 6.09 Å². The highest BCUT2D eigenvalue weighted by Gasteiger charge is 2.43. The van der Waals surface area contributed by atoms with E-state index in [9.17, 15) is 23.1 Å². The van der Waals surface area contributed by atoms with Crippen molar-refractivity contribution in [1.82, 2.24) is 15.5 Å². The largest absolute Gasteiger partial charge is 0.445 e. The number of fused-ring (bicyclic) bond motifs is 1. The summed E-state index contributed by atoms with van der Waals surface area (Å²) in [5.74, 6) is 1.74. The molecule has 0 aliphatic carbocycles. The molecule has 3 aliphatic rings. The van der Waals surface area contributed by atoms with Gasteiger partial charge in [0.05, 0.1) is 29.7 Å². The van der Waals surface area contributed by atoms with Gasteiger partial charge in [0.15, 0.2) is 9.84 Å². The van der Waals surface area contributed by atoms with Crippen LogP contribution >= 0.6 is 23.5 Å². The Bertz CT molecular complexity index is 1100. The Balaban J connectivity index is 1.45. The predicted octanol–water partition coefficient (Wildman–Crippen LogP) is 2.53. The number of carbonyl (C=O) groups excluding carboxylic acids is 2. The number of nitrogens with one attached hydrogen (secondary N) is 2. The number of piperidine rings is 1. The number of alkyl carbamates (subject to hydrolysis) is 1. The molecule has 0 radical (unpaired) electrons. The molecule has 3 fully saturated rings. The lowest BCUT2D eigenvalue weighted by molar-refractivity contribution is -0.130. The van der Waals surface area contributed by atoms with E-state index in [1.165, 1.54) is 11.8 Å². The number of thioether (sulfide) groups is 2. The van der Waals surface area contributed by atoms with Crippen molar-refractivity contribution in [1.29, 1.82) is 0 Å². The molecule has 0 saturated carbocycles. The first kappa shape index (κ1) is 30.5. The van der Waals surface area contributed by atoms with Gasteiger partial charge in [0.1, 0.15) is 6.10 Å². The van der Waals surface area contributed by atoms with E-state index in [1.807, 2.05) is 62.9 Å². The Morgan fingerprint density at radius 1 is 1.23 bits per heavy atom. The van der Waals surface area contributed by atoms with Gasteiger partial charge in [-0.2, -0.15) is 11.8 Å². The first-order valence-electron chi connectivity index (χ1n) is 13.6. The summed E-state index contributed by atoms with van der Waals surface area (Å²) < 4.78 is 29.0. The lowest BCUT2D eigenvalue weighted by Crippen LogP contribution is -2.60. The van der Waals surface area contributed by atoms with E-state index in [2.05, 4.69) is 15.5 Å². The zero-order chi connectivity index (χ0) is 28.2. The topological polar surface area (TPSA) is 125 Å². The first-order valence-corrected chi connectivity index (χ1v) is 17.5. The van der Waals surface area contributed by atoms with Gasteiger partial charge in [-0.05, 0) is 63.8 Å². The van der Waals surface area contributed by atoms with Crippen LogP contribution in [-0.2, 0) is 19.4 Å². The van der Waals surface area contributed by atoms with Crippen LogP contribution in [0.1, 0.15) is 40.0 Å². The molecule has 12 heteroatoms. The number of benzene rings is 1. The number of rotatable bonds is 9. The summed E-state index contributed by atoms with van der Waals surface area (Å²) in [7, 11) is -3.19. The van der Waals surface area contributed by atoms with Crippen molar-refractivity contribution in [3.8, 4) is 0 Å². The van der Waals surface area contributed by atoms with Crippen molar-refractivity contribution in [2.45, 2.75) is 80.0 Å². The van der Waals surface area contributed by atoms with Crippen LogP contribution in [0.3, 0.4) is 0 Å². The van der Waals surface area contributed by atoms with E-state index in [-0.39, 0.29) is 42.0 Å². The summed E-state index contributed by atoms with van der Waals surface area (Å²) in [5, 5.41) is 17.8. The van der Waals surface area contributed by atoms with Crippen LogP contribution in [0.25, 0.3) is 0 Å². The quantitative estimate of drug-likeness (QED) is 0.367. The number of sulfone groups is 1. The number of aliphatic hydroxyl groups is 1. The van der Waals surface area contributed by atoms with Gasteiger partial charge < -0.3 is 20.5 Å². The molecule has 0 spiro atoms. The fraction of sp³-hybridized carbons (Fsp3) is 0.704. The summed E-state index contributed by atoms with van der Waals surface area (Å²) in [4.78, 5) is 29.2. The molecule has 1 unspecified atom stereocenters. The minimum Gasteiger partial charge on any atom is -0.445 e. The summed E-state index contributed by atoms with van der Waals surface area (Å²) in [5.41, 5.74) is -0.366. The maximum atomic E-state index is 13.3. The number of hydrogen-bond donors (Lipinski definition) is 3. The standard InChI is InChI=1S/C27H41N3O6S3/c1-27(2,3)29-25(32)22-13-24-18(9-11-37-24)14-30(22)15-23(31)21(16-38-20-7-5-4-6-8-20)28-26(33)36-19-10-12-39(34,35)17-19/h4-8,18-19,21-24,31H,9-17H2,1-3H3,(H,28,33)(H,29,32)/t18-,19-,21+,22?,23-,24+/m1/s1.